The van der Waals surface area contributed by atoms with E-state index in [0.717, 1.165) is 5.69 Å². The molecule has 0 N–H and O–H groups in total. The normalized spacial score (nSPS) is 14.0. The molecule has 0 saturated carbocycles. The van der Waals surface area contributed by atoms with Crippen molar-refractivity contribution in [1.82, 2.24) is 14.8 Å². The zero-order chi connectivity index (χ0) is 24.1. The maximum absolute atomic E-state index is 12.9. The molecule has 3 aromatic rings. The highest BCUT2D eigenvalue weighted by molar-refractivity contribution is 7.92. The fourth-order valence-electron chi connectivity index (χ4n) is 3.82. The Bertz CT molecular complexity index is 1240. The molecule has 1 aliphatic heterocycles. The van der Waals surface area contributed by atoms with Crippen molar-refractivity contribution in [3.05, 3.63) is 90.3 Å². The van der Waals surface area contributed by atoms with E-state index < -0.39 is 10.0 Å². The van der Waals surface area contributed by atoms with Gasteiger partial charge in [-0.1, -0.05) is 24.3 Å². The molecule has 0 spiro atoms. The summed E-state index contributed by atoms with van der Waals surface area (Å²) in [6, 6.07) is 20.3. The van der Waals surface area contributed by atoms with Crippen molar-refractivity contribution in [2.24, 2.45) is 0 Å². The van der Waals surface area contributed by atoms with E-state index in [1.807, 2.05) is 24.3 Å². The summed E-state index contributed by atoms with van der Waals surface area (Å²) in [5.41, 5.74) is 1.69. The molecule has 1 fully saturated rings. The average molecular weight is 479 g/mol. The van der Waals surface area contributed by atoms with Crippen LogP contribution in [0.3, 0.4) is 0 Å². The highest BCUT2D eigenvalue weighted by atomic mass is 32.2. The molecular formula is C25H26N4O4S. The Morgan fingerprint density at radius 1 is 0.853 bits per heavy atom. The van der Waals surface area contributed by atoms with Crippen LogP contribution in [-0.4, -0.2) is 68.2 Å². The number of pyridine rings is 1. The summed E-state index contributed by atoms with van der Waals surface area (Å²) in [7, 11) is -2.24. The topological polar surface area (TPSA) is 90.9 Å². The molecule has 0 bridgehead atoms. The van der Waals surface area contributed by atoms with Crippen molar-refractivity contribution in [3.63, 3.8) is 0 Å². The molecule has 0 unspecified atom stereocenters. The van der Waals surface area contributed by atoms with Crippen molar-refractivity contribution in [1.29, 1.82) is 0 Å². The summed E-state index contributed by atoms with van der Waals surface area (Å²) in [5.74, 6) is -0.194. The van der Waals surface area contributed by atoms with Crippen LogP contribution in [-0.2, 0) is 21.2 Å². The van der Waals surface area contributed by atoms with Gasteiger partial charge < -0.3 is 9.80 Å². The number of carbonyl (C=O) groups is 2. The van der Waals surface area contributed by atoms with Gasteiger partial charge in [-0.15, -0.1) is 0 Å². The second-order valence-electron chi connectivity index (χ2n) is 8.00. The highest BCUT2D eigenvalue weighted by Gasteiger charge is 2.26. The molecule has 1 aliphatic rings. The molecule has 2 aromatic carbocycles. The fraction of sp³-hybridized carbons (Fsp3) is 0.240. The SMILES string of the molecule is CN(c1ccccc1)S(=O)(=O)c1ccc(C(=O)N2CCN(C(=O)Cc3ccccn3)CC2)cc1. The van der Waals surface area contributed by atoms with Gasteiger partial charge in [-0.2, -0.15) is 0 Å². The molecule has 8 nitrogen and oxygen atoms in total. The Morgan fingerprint density at radius 2 is 1.47 bits per heavy atom. The van der Waals surface area contributed by atoms with Gasteiger partial charge in [-0.05, 0) is 48.5 Å². The number of sulfonamides is 1. The number of hydrogen-bond acceptors (Lipinski definition) is 5. The van der Waals surface area contributed by atoms with Crippen LogP contribution in [0.4, 0.5) is 5.69 Å². The summed E-state index contributed by atoms with van der Waals surface area (Å²) in [6.45, 7) is 1.74. The Balaban J connectivity index is 1.36. The summed E-state index contributed by atoms with van der Waals surface area (Å²) in [6.07, 6.45) is 1.90. The largest absolute Gasteiger partial charge is 0.339 e. The van der Waals surface area contributed by atoms with Crippen LogP contribution in [0, 0.1) is 0 Å². The molecule has 1 aromatic heterocycles. The second-order valence-corrected chi connectivity index (χ2v) is 9.97. The lowest BCUT2D eigenvalue weighted by atomic mass is 10.1. The average Bonchev–Trinajstić information content (AvgIpc) is 2.89. The van der Waals surface area contributed by atoms with Crippen LogP contribution >= 0.6 is 0 Å². The first kappa shape index (κ1) is 23.4. The highest BCUT2D eigenvalue weighted by Crippen LogP contribution is 2.22. The molecule has 4 rings (SSSR count). The standard InChI is InChI=1S/C25H26N4O4S/c1-27(22-8-3-2-4-9-22)34(32,33)23-12-10-20(11-13-23)25(31)29-17-15-28(16-18-29)24(30)19-21-7-5-6-14-26-21/h2-14H,15-19H2,1H3. The molecule has 2 heterocycles. The van der Waals surface area contributed by atoms with E-state index in [-0.39, 0.29) is 23.1 Å². The van der Waals surface area contributed by atoms with Crippen LogP contribution in [0.25, 0.3) is 0 Å². The molecule has 0 radical (unpaired) electrons. The molecule has 176 valence electrons. The van der Waals surface area contributed by atoms with Crippen molar-refractivity contribution in [2.45, 2.75) is 11.3 Å². The van der Waals surface area contributed by atoms with Crippen LogP contribution in [0.1, 0.15) is 16.1 Å². The summed E-state index contributed by atoms with van der Waals surface area (Å²) in [4.78, 5) is 33.2. The van der Waals surface area contributed by atoms with Crippen LogP contribution in [0.15, 0.2) is 83.9 Å². The van der Waals surface area contributed by atoms with E-state index in [1.54, 1.807) is 40.3 Å². The predicted molar refractivity (Wildman–Crippen MR) is 129 cm³/mol. The summed E-state index contributed by atoms with van der Waals surface area (Å²) in [5, 5.41) is 0. The van der Waals surface area contributed by atoms with Gasteiger partial charge in [0.05, 0.1) is 17.0 Å². The number of amides is 2. The number of anilines is 1. The first-order valence-electron chi connectivity index (χ1n) is 11.0. The van der Waals surface area contributed by atoms with E-state index in [2.05, 4.69) is 4.98 Å². The zero-order valence-electron chi connectivity index (χ0n) is 18.9. The summed E-state index contributed by atoms with van der Waals surface area (Å²) < 4.78 is 27.1. The van der Waals surface area contributed by atoms with Crippen LogP contribution in [0.5, 0.6) is 0 Å². The van der Waals surface area contributed by atoms with Gasteiger partial charge in [-0.25, -0.2) is 8.42 Å². The minimum absolute atomic E-state index is 0.0112. The quantitative estimate of drug-likeness (QED) is 0.543. The van der Waals surface area contributed by atoms with E-state index in [1.165, 1.54) is 35.6 Å². The number of hydrogen-bond donors (Lipinski definition) is 0. The second kappa shape index (κ2) is 10.0. The molecule has 0 aliphatic carbocycles. The predicted octanol–water partition coefficient (Wildman–Crippen LogP) is 2.43. The van der Waals surface area contributed by atoms with Crippen molar-refractivity contribution in [3.8, 4) is 0 Å². The lowest BCUT2D eigenvalue weighted by Crippen LogP contribution is -2.51. The van der Waals surface area contributed by atoms with Crippen LogP contribution < -0.4 is 4.31 Å². The Kier molecular flexibility index (Phi) is 6.93. The third kappa shape index (κ3) is 5.09. The first-order chi connectivity index (χ1) is 16.4. The monoisotopic (exact) mass is 478 g/mol. The van der Waals surface area contributed by atoms with Crippen molar-refractivity contribution < 1.29 is 18.0 Å². The number of aromatic nitrogens is 1. The number of carbonyl (C=O) groups excluding carboxylic acids is 2. The van der Waals surface area contributed by atoms with Gasteiger partial charge in [0.1, 0.15) is 0 Å². The first-order valence-corrected chi connectivity index (χ1v) is 12.4. The zero-order valence-corrected chi connectivity index (χ0v) is 19.7. The number of rotatable bonds is 6. The number of benzene rings is 2. The lowest BCUT2D eigenvalue weighted by Gasteiger charge is -2.35. The number of para-hydroxylation sites is 1. The Labute approximate surface area is 199 Å². The number of piperazine rings is 1. The third-order valence-corrected chi connectivity index (χ3v) is 7.66. The molecule has 2 amide bonds. The maximum Gasteiger partial charge on any atom is 0.264 e. The van der Waals surface area contributed by atoms with E-state index in [0.29, 0.717) is 37.4 Å². The maximum atomic E-state index is 12.9. The lowest BCUT2D eigenvalue weighted by molar-refractivity contribution is -0.132. The smallest absolute Gasteiger partial charge is 0.264 e. The van der Waals surface area contributed by atoms with Crippen molar-refractivity contribution in [2.75, 3.05) is 37.5 Å². The molecule has 1 saturated heterocycles. The Hall–Kier alpha value is -3.72. The van der Waals surface area contributed by atoms with E-state index in [9.17, 15) is 18.0 Å². The summed E-state index contributed by atoms with van der Waals surface area (Å²) >= 11 is 0. The molecule has 34 heavy (non-hydrogen) atoms. The van der Waals surface area contributed by atoms with Crippen LogP contribution in [0.2, 0.25) is 0 Å². The van der Waals surface area contributed by atoms with E-state index in [4.69, 9.17) is 0 Å². The van der Waals surface area contributed by atoms with Gasteiger partial charge in [0, 0.05) is 50.7 Å². The minimum atomic E-state index is -3.74. The number of nitrogens with zero attached hydrogens (tertiary/aromatic N) is 4. The van der Waals surface area contributed by atoms with Crippen molar-refractivity contribution >= 4 is 27.5 Å². The van der Waals surface area contributed by atoms with Gasteiger partial charge in [0.15, 0.2) is 0 Å². The Morgan fingerprint density at radius 3 is 2.09 bits per heavy atom. The molecule has 0 atom stereocenters. The van der Waals surface area contributed by atoms with Gasteiger partial charge in [0.25, 0.3) is 15.9 Å². The minimum Gasteiger partial charge on any atom is -0.339 e. The molecule has 9 heteroatoms. The van der Waals surface area contributed by atoms with Gasteiger partial charge in [-0.3, -0.25) is 18.9 Å². The van der Waals surface area contributed by atoms with Gasteiger partial charge in [0.2, 0.25) is 5.91 Å². The fourth-order valence-corrected chi connectivity index (χ4v) is 5.01. The third-order valence-electron chi connectivity index (χ3n) is 5.86. The molecular weight excluding hydrogens is 452 g/mol. The van der Waals surface area contributed by atoms with E-state index >= 15 is 0 Å². The van der Waals surface area contributed by atoms with Gasteiger partial charge >= 0.3 is 0 Å².